The maximum absolute atomic E-state index is 13.8. The van der Waals surface area contributed by atoms with E-state index in [9.17, 15) is 72.9 Å². The molecule has 0 heterocycles. The van der Waals surface area contributed by atoms with Gasteiger partial charge in [-0.15, -0.1) is 0 Å². The normalized spacial score (nSPS) is 15.0. The largest absolute Gasteiger partial charge is 0.481 e. The van der Waals surface area contributed by atoms with Gasteiger partial charge in [-0.2, -0.15) is 25.3 Å². The Morgan fingerprint density at radius 1 is 0.552 bits per heavy atom. The number of hydrogen-bond donors (Lipinski definition) is 18. The zero-order valence-corrected chi connectivity index (χ0v) is 38.9. The Morgan fingerprint density at radius 3 is 1.55 bits per heavy atom. The Balaban J connectivity index is 6.20. The number of unbranched alkanes of at least 4 members (excludes halogenated alkanes) is 1. The second kappa shape index (κ2) is 32.0. The number of thiol groups is 2. The fourth-order valence-electron chi connectivity index (χ4n) is 5.52. The molecule has 0 aliphatic rings. The fourth-order valence-corrected chi connectivity index (χ4v) is 5.95. The number of rotatable bonds is 33. The predicted octanol–water partition coefficient (Wildman–Crippen LogP) is -8.22. The molecule has 19 N–H and O–H groups in total. The van der Waals surface area contributed by atoms with E-state index in [-0.39, 0.29) is 30.9 Å². The van der Waals surface area contributed by atoms with Gasteiger partial charge in [-0.25, -0.2) is 0 Å². The lowest BCUT2D eigenvalue weighted by atomic mass is 10.0. The standard InChI is InChI=1S/C37H64N12O16S2/c1-16(2)28(48-37(65)29(17(3)51)49-35(63)22(13-50)47-34(62)21(10-24(40)52)46-30(58)18(39)14-66)36(64)45-19(6-4-5-9-38)33(61)44-20(7-8-26(54)55)31(59)41-11-25(53)43-23(15-67)32(60)42-12-27(56)57/h16-23,28-29,50-51,66-67H,4-15,38-39H2,1-3H3,(H2,40,52)(H,41,59)(H,42,60)(H,43,53)(H,44,61)(H,45,64)(H,46,58)(H,47,62)(H,48,65)(H,49,63)(H,54,55)(H,56,57)/t17-,18+,19+,20+,21+,22+,23+,28+,29+/m1/s1. The molecule has 28 nitrogen and oxygen atoms in total. The van der Waals surface area contributed by atoms with Crippen LogP contribution in [0.2, 0.25) is 0 Å². The quantitative estimate of drug-likeness (QED) is 0.0214. The average molecular weight is 997 g/mol. The summed E-state index contributed by atoms with van der Waals surface area (Å²) in [4.78, 5) is 151. The van der Waals surface area contributed by atoms with E-state index >= 15 is 0 Å². The van der Waals surface area contributed by atoms with Crippen LogP contribution in [0, 0.1) is 5.92 Å². The summed E-state index contributed by atoms with van der Waals surface area (Å²) in [5.74, 6) is -14.2. The molecular formula is C37H64N12O16S2. The summed E-state index contributed by atoms with van der Waals surface area (Å²) in [6.45, 7) is 1.64. The van der Waals surface area contributed by atoms with Crippen molar-refractivity contribution < 1.29 is 78.0 Å². The molecular weight excluding hydrogens is 933 g/mol. The molecule has 67 heavy (non-hydrogen) atoms. The molecule has 0 saturated carbocycles. The second-order valence-corrected chi connectivity index (χ2v) is 15.9. The first kappa shape index (κ1) is 61.2. The molecule has 30 heteroatoms. The Kier molecular flexibility index (Phi) is 29.2. The van der Waals surface area contributed by atoms with Crippen molar-refractivity contribution in [1.82, 2.24) is 47.9 Å². The molecule has 0 bridgehead atoms. The minimum absolute atomic E-state index is 0.0924. The van der Waals surface area contributed by atoms with Crippen LogP contribution >= 0.6 is 25.3 Å². The van der Waals surface area contributed by atoms with Gasteiger partial charge in [-0.3, -0.25) is 57.5 Å². The van der Waals surface area contributed by atoms with E-state index in [0.717, 1.165) is 6.92 Å². The van der Waals surface area contributed by atoms with E-state index in [4.69, 9.17) is 22.3 Å². The monoisotopic (exact) mass is 996 g/mol. The highest BCUT2D eigenvalue weighted by Gasteiger charge is 2.36. The third-order valence-electron chi connectivity index (χ3n) is 9.23. The SMILES string of the molecule is CC(C)[C@H](NC(=O)[C@@H](NC(=O)[C@H](CO)NC(=O)[C@H](CC(N)=O)NC(=O)[C@@H](N)CS)[C@@H](C)O)C(=O)N[C@@H](CCCCN)C(=O)N[C@@H](CCC(=O)O)C(=O)NCC(=O)N[C@@H](CS)C(=O)NCC(=O)O. The third kappa shape index (κ3) is 24.0. The van der Waals surface area contributed by atoms with Crippen molar-refractivity contribution in [3.05, 3.63) is 0 Å². The summed E-state index contributed by atoms with van der Waals surface area (Å²) in [6.07, 6.45) is -3.06. The number of carbonyl (C=O) groups is 12. The summed E-state index contributed by atoms with van der Waals surface area (Å²) in [7, 11) is 0. The zero-order chi connectivity index (χ0) is 51.6. The van der Waals surface area contributed by atoms with E-state index < -0.39 is 170 Å². The first-order valence-corrected chi connectivity index (χ1v) is 21.9. The predicted molar refractivity (Wildman–Crippen MR) is 240 cm³/mol. The Morgan fingerprint density at radius 2 is 1.04 bits per heavy atom. The van der Waals surface area contributed by atoms with Crippen molar-refractivity contribution in [3.8, 4) is 0 Å². The van der Waals surface area contributed by atoms with E-state index in [1.165, 1.54) is 13.8 Å². The molecule has 0 fully saturated rings. The molecule has 0 aromatic rings. The molecule has 380 valence electrons. The van der Waals surface area contributed by atoms with E-state index in [2.05, 4.69) is 73.1 Å². The maximum atomic E-state index is 13.8. The molecule has 10 amide bonds. The number of nitrogens with one attached hydrogen (secondary N) is 9. The number of carbonyl (C=O) groups excluding carboxylic acids is 10. The van der Waals surface area contributed by atoms with E-state index in [0.29, 0.717) is 6.42 Å². The number of aliphatic carboxylic acids is 2. The molecule has 0 spiro atoms. The zero-order valence-electron chi connectivity index (χ0n) is 37.1. The van der Waals surface area contributed by atoms with Crippen LogP contribution in [-0.2, 0) is 57.5 Å². The number of hydrogen-bond acceptors (Lipinski definition) is 18. The van der Waals surface area contributed by atoms with Crippen molar-refractivity contribution >= 4 is 96.3 Å². The summed E-state index contributed by atoms with van der Waals surface area (Å²) >= 11 is 7.83. The Hall–Kier alpha value is -5.82. The van der Waals surface area contributed by atoms with Crippen molar-refractivity contribution in [2.24, 2.45) is 23.1 Å². The van der Waals surface area contributed by atoms with Crippen LogP contribution in [0.15, 0.2) is 0 Å². The Bertz CT molecular complexity index is 1760. The maximum Gasteiger partial charge on any atom is 0.322 e. The molecule has 9 atom stereocenters. The average Bonchev–Trinajstić information content (AvgIpc) is 3.26. The van der Waals surface area contributed by atoms with Crippen LogP contribution in [0.4, 0.5) is 0 Å². The van der Waals surface area contributed by atoms with Crippen molar-refractivity contribution in [2.75, 3.05) is 37.7 Å². The van der Waals surface area contributed by atoms with Gasteiger partial charge in [0.25, 0.3) is 0 Å². The van der Waals surface area contributed by atoms with Crippen LogP contribution in [0.1, 0.15) is 59.3 Å². The van der Waals surface area contributed by atoms with Gasteiger partial charge < -0.3 is 85.5 Å². The topological polar surface area (TPSA) is 472 Å². The minimum atomic E-state index is -1.85. The fraction of sp³-hybridized carbons (Fsp3) is 0.676. The molecule has 0 aromatic heterocycles. The Labute approximate surface area is 395 Å². The van der Waals surface area contributed by atoms with Crippen LogP contribution in [-0.4, -0.2) is 184 Å². The van der Waals surface area contributed by atoms with Crippen molar-refractivity contribution in [1.29, 1.82) is 0 Å². The van der Waals surface area contributed by atoms with Crippen LogP contribution in [0.25, 0.3) is 0 Å². The number of amides is 10. The van der Waals surface area contributed by atoms with Gasteiger partial charge in [-0.1, -0.05) is 13.8 Å². The highest BCUT2D eigenvalue weighted by molar-refractivity contribution is 7.80. The summed E-state index contributed by atoms with van der Waals surface area (Å²) in [5.41, 5.74) is 16.4. The number of carboxylic acid groups (broad SMARTS) is 2. The van der Waals surface area contributed by atoms with Gasteiger partial charge in [0.05, 0.1) is 31.7 Å². The lowest BCUT2D eigenvalue weighted by Crippen LogP contribution is -2.63. The van der Waals surface area contributed by atoms with Crippen molar-refractivity contribution in [3.63, 3.8) is 0 Å². The lowest BCUT2D eigenvalue weighted by Gasteiger charge is -2.29. The molecule has 0 radical (unpaired) electrons. The smallest absolute Gasteiger partial charge is 0.322 e. The number of aliphatic hydroxyl groups is 2. The van der Waals surface area contributed by atoms with E-state index in [1.54, 1.807) is 0 Å². The number of nitrogens with two attached hydrogens (primary N) is 3. The van der Waals surface area contributed by atoms with Crippen molar-refractivity contribution in [2.45, 2.75) is 114 Å². The summed E-state index contributed by atoms with van der Waals surface area (Å²) < 4.78 is 0. The number of carboxylic acids is 2. The van der Waals surface area contributed by atoms with E-state index in [1.807, 2.05) is 0 Å². The third-order valence-corrected chi connectivity index (χ3v) is 9.99. The van der Waals surface area contributed by atoms with Gasteiger partial charge in [-0.05, 0) is 45.1 Å². The van der Waals surface area contributed by atoms with Crippen LogP contribution in [0.5, 0.6) is 0 Å². The van der Waals surface area contributed by atoms with Crippen LogP contribution in [0.3, 0.4) is 0 Å². The number of aliphatic hydroxyl groups excluding tert-OH is 2. The van der Waals surface area contributed by atoms with Gasteiger partial charge in [0.2, 0.25) is 59.1 Å². The van der Waals surface area contributed by atoms with Gasteiger partial charge in [0, 0.05) is 17.9 Å². The minimum Gasteiger partial charge on any atom is -0.481 e. The van der Waals surface area contributed by atoms with Gasteiger partial charge >= 0.3 is 11.9 Å². The highest BCUT2D eigenvalue weighted by Crippen LogP contribution is 2.09. The molecule has 0 aliphatic heterocycles. The first-order valence-electron chi connectivity index (χ1n) is 20.7. The molecule has 0 saturated heterocycles. The molecule has 0 aromatic carbocycles. The highest BCUT2D eigenvalue weighted by atomic mass is 32.1. The summed E-state index contributed by atoms with van der Waals surface area (Å²) in [5, 5.41) is 58.7. The van der Waals surface area contributed by atoms with Crippen LogP contribution < -0.4 is 65.1 Å². The molecule has 0 aliphatic carbocycles. The van der Waals surface area contributed by atoms with Gasteiger partial charge in [0.1, 0.15) is 48.8 Å². The lowest BCUT2D eigenvalue weighted by molar-refractivity contribution is -0.139. The van der Waals surface area contributed by atoms with Gasteiger partial charge in [0.15, 0.2) is 0 Å². The first-order chi connectivity index (χ1) is 31.3. The molecule has 0 unspecified atom stereocenters. The summed E-state index contributed by atoms with van der Waals surface area (Å²) in [6, 6.07) is -12.4. The second-order valence-electron chi connectivity index (χ2n) is 15.2. The number of primary amides is 1. The molecule has 0 rings (SSSR count).